The molecule has 2 fully saturated rings. The molecule has 2 aromatic carbocycles. The zero-order valence-electron chi connectivity index (χ0n) is 21.6. The molecule has 4 heterocycles. The third kappa shape index (κ3) is 5.06. The Morgan fingerprint density at radius 1 is 1.13 bits per heavy atom. The SMILES string of the molecule is COc1cc(-c2cc3nccc(-c4ccc(OC5CCOC5)c(C#N)c4)c3s2)ccc1C(=O)N1CCNCC1. The molecule has 1 unspecified atom stereocenters. The average Bonchev–Trinajstić information content (AvgIpc) is 3.67. The van der Waals surface area contributed by atoms with Gasteiger partial charge >= 0.3 is 0 Å². The molecule has 0 aliphatic carbocycles. The fourth-order valence-electron chi connectivity index (χ4n) is 5.04. The molecule has 0 spiro atoms. The van der Waals surface area contributed by atoms with E-state index in [9.17, 15) is 10.1 Å². The number of nitrogens with zero attached hydrogens (tertiary/aromatic N) is 3. The van der Waals surface area contributed by atoms with E-state index >= 15 is 0 Å². The van der Waals surface area contributed by atoms with Crippen LogP contribution in [-0.4, -0.2) is 68.4 Å². The smallest absolute Gasteiger partial charge is 0.257 e. The molecule has 2 saturated heterocycles. The fraction of sp³-hybridized carbons (Fsp3) is 0.300. The molecule has 6 rings (SSSR count). The minimum Gasteiger partial charge on any atom is -0.496 e. The largest absolute Gasteiger partial charge is 0.496 e. The van der Waals surface area contributed by atoms with Gasteiger partial charge in [0.15, 0.2) is 0 Å². The molecule has 1 amide bonds. The molecule has 1 N–H and O–H groups in total. The van der Waals surface area contributed by atoms with Crippen LogP contribution in [0.4, 0.5) is 0 Å². The summed E-state index contributed by atoms with van der Waals surface area (Å²) in [6.07, 6.45) is 2.59. The quantitative estimate of drug-likeness (QED) is 0.378. The Labute approximate surface area is 230 Å². The lowest BCUT2D eigenvalue weighted by atomic mass is 10.0. The van der Waals surface area contributed by atoms with E-state index in [4.69, 9.17) is 14.2 Å². The highest BCUT2D eigenvalue weighted by Gasteiger charge is 2.23. The second-order valence-corrected chi connectivity index (χ2v) is 10.6. The van der Waals surface area contributed by atoms with Gasteiger partial charge in [-0.1, -0.05) is 12.1 Å². The second-order valence-electron chi connectivity index (χ2n) is 9.57. The molecular formula is C30H28N4O4S. The van der Waals surface area contributed by atoms with Crippen molar-refractivity contribution in [2.24, 2.45) is 0 Å². The van der Waals surface area contributed by atoms with Gasteiger partial charge in [-0.05, 0) is 47.5 Å². The molecule has 0 bridgehead atoms. The van der Waals surface area contributed by atoms with Crippen LogP contribution in [-0.2, 0) is 4.74 Å². The predicted octanol–water partition coefficient (Wildman–Crippen LogP) is 4.72. The van der Waals surface area contributed by atoms with Gasteiger partial charge in [0.2, 0.25) is 0 Å². The Balaban J connectivity index is 1.32. The number of nitriles is 1. The van der Waals surface area contributed by atoms with Gasteiger partial charge in [0.1, 0.15) is 23.7 Å². The first-order chi connectivity index (χ1) is 19.1. The summed E-state index contributed by atoms with van der Waals surface area (Å²) in [5, 5.41) is 13.1. The maximum Gasteiger partial charge on any atom is 0.257 e. The number of fused-ring (bicyclic) bond motifs is 1. The van der Waals surface area contributed by atoms with E-state index in [-0.39, 0.29) is 12.0 Å². The minimum atomic E-state index is -0.0222. The number of piperazine rings is 1. The molecule has 198 valence electrons. The predicted molar refractivity (Wildman–Crippen MR) is 150 cm³/mol. The molecule has 0 saturated carbocycles. The van der Waals surface area contributed by atoms with Crippen LogP contribution in [0, 0.1) is 11.3 Å². The standard InChI is InChI=1S/C30H28N4O4S/c1-36-27-15-20(2-4-24(27)30(35)34-11-9-32-10-12-34)28-16-25-29(39-28)23(6-8-33-25)19-3-5-26(21(14-19)17-31)38-22-7-13-37-18-22/h2-6,8,14-16,22,32H,7,9-13,18H2,1H3. The highest BCUT2D eigenvalue weighted by molar-refractivity contribution is 7.22. The number of pyridine rings is 1. The van der Waals surface area contributed by atoms with Crippen LogP contribution in [0.25, 0.3) is 31.8 Å². The number of carbonyl (C=O) groups is 1. The number of benzene rings is 2. The Morgan fingerprint density at radius 3 is 2.74 bits per heavy atom. The highest BCUT2D eigenvalue weighted by Crippen LogP contribution is 2.40. The number of amides is 1. The van der Waals surface area contributed by atoms with Gasteiger partial charge in [0.05, 0.1) is 41.7 Å². The number of ether oxygens (including phenoxy) is 3. The summed E-state index contributed by atoms with van der Waals surface area (Å²) < 4.78 is 18.1. The Kier molecular flexibility index (Phi) is 7.16. The molecule has 2 aliphatic rings. The summed E-state index contributed by atoms with van der Waals surface area (Å²) in [5.41, 5.74) is 4.82. The van der Waals surface area contributed by atoms with E-state index in [1.54, 1.807) is 24.6 Å². The summed E-state index contributed by atoms with van der Waals surface area (Å²) in [7, 11) is 1.60. The van der Waals surface area contributed by atoms with Crippen LogP contribution in [0.3, 0.4) is 0 Å². The Hall–Kier alpha value is -3.97. The average molecular weight is 541 g/mol. The normalized spacial score (nSPS) is 17.2. The first-order valence-electron chi connectivity index (χ1n) is 13.0. The summed E-state index contributed by atoms with van der Waals surface area (Å²) >= 11 is 1.62. The molecule has 0 radical (unpaired) electrons. The number of hydrogen-bond donors (Lipinski definition) is 1. The van der Waals surface area contributed by atoms with Crippen molar-refractivity contribution in [2.75, 3.05) is 46.5 Å². The number of carbonyl (C=O) groups excluding carboxylic acids is 1. The van der Waals surface area contributed by atoms with Gasteiger partial charge in [-0.25, -0.2) is 0 Å². The van der Waals surface area contributed by atoms with E-state index in [0.717, 1.165) is 51.3 Å². The van der Waals surface area contributed by atoms with Crippen molar-refractivity contribution in [1.82, 2.24) is 15.2 Å². The van der Waals surface area contributed by atoms with Crippen molar-refractivity contribution in [2.45, 2.75) is 12.5 Å². The number of nitrogens with one attached hydrogen (secondary N) is 1. The maximum absolute atomic E-state index is 13.1. The number of thiophene rings is 1. The summed E-state index contributed by atoms with van der Waals surface area (Å²) in [4.78, 5) is 20.6. The minimum absolute atomic E-state index is 0.0126. The lowest BCUT2D eigenvalue weighted by molar-refractivity contribution is 0.0732. The van der Waals surface area contributed by atoms with Gasteiger partial charge in [-0.15, -0.1) is 11.3 Å². The Bertz CT molecular complexity index is 1570. The summed E-state index contributed by atoms with van der Waals surface area (Å²) in [6, 6.07) is 17.8. The molecule has 2 aliphatic heterocycles. The Morgan fingerprint density at radius 2 is 1.97 bits per heavy atom. The molecule has 8 nitrogen and oxygen atoms in total. The van der Waals surface area contributed by atoms with Crippen LogP contribution in [0.2, 0.25) is 0 Å². The van der Waals surface area contributed by atoms with Crippen molar-refractivity contribution < 1.29 is 19.0 Å². The van der Waals surface area contributed by atoms with Crippen molar-refractivity contribution >= 4 is 27.5 Å². The van der Waals surface area contributed by atoms with Crippen molar-refractivity contribution in [3.63, 3.8) is 0 Å². The zero-order valence-corrected chi connectivity index (χ0v) is 22.4. The fourth-order valence-corrected chi connectivity index (χ4v) is 6.19. The van der Waals surface area contributed by atoms with Crippen molar-refractivity contribution in [3.8, 4) is 39.1 Å². The third-order valence-electron chi connectivity index (χ3n) is 7.13. The molecule has 39 heavy (non-hydrogen) atoms. The first kappa shape index (κ1) is 25.3. The highest BCUT2D eigenvalue weighted by atomic mass is 32.1. The monoisotopic (exact) mass is 540 g/mol. The van der Waals surface area contributed by atoms with Crippen LogP contribution >= 0.6 is 11.3 Å². The molecule has 1 atom stereocenters. The van der Waals surface area contributed by atoms with Gasteiger partial charge in [0, 0.05) is 49.2 Å². The van der Waals surface area contributed by atoms with Gasteiger partial charge in [0.25, 0.3) is 5.91 Å². The lowest BCUT2D eigenvalue weighted by Crippen LogP contribution is -2.46. The third-order valence-corrected chi connectivity index (χ3v) is 8.33. The zero-order chi connectivity index (χ0) is 26.8. The second kappa shape index (κ2) is 11.0. The van der Waals surface area contributed by atoms with E-state index < -0.39 is 0 Å². The number of aromatic nitrogens is 1. The first-order valence-corrected chi connectivity index (χ1v) is 13.8. The maximum atomic E-state index is 13.1. The van der Waals surface area contributed by atoms with Crippen molar-refractivity contribution in [3.05, 3.63) is 65.9 Å². The van der Waals surface area contributed by atoms with Gasteiger partial charge in [-0.2, -0.15) is 5.26 Å². The van der Waals surface area contributed by atoms with Crippen LogP contribution < -0.4 is 14.8 Å². The number of hydrogen-bond acceptors (Lipinski definition) is 8. The molecule has 9 heteroatoms. The summed E-state index contributed by atoms with van der Waals surface area (Å²) in [6.45, 7) is 4.19. The van der Waals surface area contributed by atoms with E-state index in [0.29, 0.717) is 48.9 Å². The van der Waals surface area contributed by atoms with E-state index in [2.05, 4.69) is 22.4 Å². The number of rotatable bonds is 6. The lowest BCUT2D eigenvalue weighted by Gasteiger charge is -2.28. The van der Waals surface area contributed by atoms with Gasteiger partial charge < -0.3 is 24.4 Å². The molecular weight excluding hydrogens is 512 g/mol. The van der Waals surface area contributed by atoms with E-state index in [1.165, 1.54) is 0 Å². The van der Waals surface area contributed by atoms with Crippen LogP contribution in [0.5, 0.6) is 11.5 Å². The van der Waals surface area contributed by atoms with Gasteiger partial charge in [-0.3, -0.25) is 9.78 Å². The summed E-state index contributed by atoms with van der Waals surface area (Å²) in [5.74, 6) is 1.13. The van der Waals surface area contributed by atoms with Crippen LogP contribution in [0.1, 0.15) is 22.3 Å². The topological polar surface area (TPSA) is 96.7 Å². The molecule has 2 aromatic heterocycles. The van der Waals surface area contributed by atoms with E-state index in [1.807, 2.05) is 47.4 Å². The van der Waals surface area contributed by atoms with Crippen molar-refractivity contribution in [1.29, 1.82) is 5.26 Å². The van der Waals surface area contributed by atoms with Crippen LogP contribution in [0.15, 0.2) is 54.7 Å². The number of methoxy groups -OCH3 is 1. The molecule has 4 aromatic rings.